The van der Waals surface area contributed by atoms with Crippen molar-refractivity contribution >= 4 is 0 Å². The fourth-order valence-corrected chi connectivity index (χ4v) is 2.62. The summed E-state index contributed by atoms with van der Waals surface area (Å²) < 4.78 is 1.78. The second-order valence-corrected chi connectivity index (χ2v) is 5.21. The number of rotatable bonds is 6. The summed E-state index contributed by atoms with van der Waals surface area (Å²) in [5.74, 6) is 0. The Hall–Kier alpha value is -0.940. The Morgan fingerprint density at radius 3 is 3.06 bits per heavy atom. The van der Waals surface area contributed by atoms with E-state index in [2.05, 4.69) is 27.5 Å². The highest BCUT2D eigenvalue weighted by atomic mass is 15.4. The van der Waals surface area contributed by atoms with Gasteiger partial charge in [-0.15, -0.1) is 5.10 Å². The average Bonchev–Trinajstić information content (AvgIpc) is 2.77. The van der Waals surface area contributed by atoms with E-state index in [4.69, 9.17) is 0 Å². The van der Waals surface area contributed by atoms with Crippen LogP contribution in [0.1, 0.15) is 38.3 Å². The van der Waals surface area contributed by atoms with E-state index in [0.717, 1.165) is 25.3 Å². The van der Waals surface area contributed by atoms with Gasteiger partial charge in [0, 0.05) is 32.4 Å². The number of hydrogen-bond donors (Lipinski definition) is 1. The lowest BCUT2D eigenvalue weighted by atomic mass is 10.0. The number of aromatic nitrogens is 3. The molecule has 5 nitrogen and oxygen atoms in total. The van der Waals surface area contributed by atoms with Gasteiger partial charge in [0.15, 0.2) is 0 Å². The van der Waals surface area contributed by atoms with Crippen molar-refractivity contribution in [2.45, 2.75) is 45.2 Å². The van der Waals surface area contributed by atoms with Gasteiger partial charge < -0.3 is 5.32 Å². The van der Waals surface area contributed by atoms with Crippen molar-refractivity contribution in [3.05, 3.63) is 11.9 Å². The van der Waals surface area contributed by atoms with Crippen LogP contribution in [0, 0.1) is 0 Å². The molecule has 102 valence electrons. The fraction of sp³-hybridized carbons (Fsp3) is 0.846. The van der Waals surface area contributed by atoms with Gasteiger partial charge in [-0.1, -0.05) is 18.6 Å². The summed E-state index contributed by atoms with van der Waals surface area (Å²) in [6.07, 6.45) is 7.19. The van der Waals surface area contributed by atoms with Gasteiger partial charge >= 0.3 is 0 Å². The van der Waals surface area contributed by atoms with E-state index in [1.807, 2.05) is 13.2 Å². The Morgan fingerprint density at radius 1 is 1.44 bits per heavy atom. The van der Waals surface area contributed by atoms with Crippen LogP contribution in [-0.4, -0.2) is 45.6 Å². The summed E-state index contributed by atoms with van der Waals surface area (Å²) in [6, 6.07) is 0.660. The first-order chi connectivity index (χ1) is 8.79. The second kappa shape index (κ2) is 6.85. The van der Waals surface area contributed by atoms with E-state index in [0.29, 0.717) is 6.04 Å². The molecule has 0 spiro atoms. The quantitative estimate of drug-likeness (QED) is 0.771. The second-order valence-electron chi connectivity index (χ2n) is 5.21. The summed E-state index contributed by atoms with van der Waals surface area (Å²) in [7, 11) is 1.92. The van der Waals surface area contributed by atoms with Crippen molar-refractivity contribution in [3.8, 4) is 0 Å². The molecule has 0 amide bonds. The molecule has 18 heavy (non-hydrogen) atoms. The van der Waals surface area contributed by atoms with Crippen LogP contribution in [0.4, 0.5) is 0 Å². The Bertz CT molecular complexity index is 349. The predicted molar refractivity (Wildman–Crippen MR) is 72.2 cm³/mol. The van der Waals surface area contributed by atoms with Crippen molar-refractivity contribution in [1.82, 2.24) is 25.2 Å². The fourth-order valence-electron chi connectivity index (χ4n) is 2.62. The van der Waals surface area contributed by atoms with Crippen molar-refractivity contribution in [2.75, 3.05) is 19.6 Å². The van der Waals surface area contributed by atoms with Crippen molar-refractivity contribution in [3.63, 3.8) is 0 Å². The maximum Gasteiger partial charge on any atom is 0.0967 e. The summed E-state index contributed by atoms with van der Waals surface area (Å²) in [5, 5.41) is 11.7. The first-order valence-corrected chi connectivity index (χ1v) is 7.09. The molecule has 1 aliphatic heterocycles. The minimum absolute atomic E-state index is 0.660. The van der Waals surface area contributed by atoms with Crippen LogP contribution in [0.2, 0.25) is 0 Å². The molecular formula is C13H25N5. The summed E-state index contributed by atoms with van der Waals surface area (Å²) in [6.45, 7) is 6.57. The van der Waals surface area contributed by atoms with E-state index >= 15 is 0 Å². The third-order valence-corrected chi connectivity index (χ3v) is 3.57. The highest BCUT2D eigenvalue weighted by Crippen LogP contribution is 2.18. The van der Waals surface area contributed by atoms with Crippen LogP contribution in [0.5, 0.6) is 0 Å². The number of nitrogens with zero attached hydrogens (tertiary/aromatic N) is 4. The zero-order valence-electron chi connectivity index (χ0n) is 11.6. The lowest BCUT2D eigenvalue weighted by Crippen LogP contribution is -2.45. The molecule has 1 aliphatic rings. The number of likely N-dealkylation sites (tertiary alicyclic amines) is 1. The van der Waals surface area contributed by atoms with E-state index in [9.17, 15) is 0 Å². The van der Waals surface area contributed by atoms with Crippen molar-refractivity contribution in [2.24, 2.45) is 7.05 Å². The normalized spacial score (nSPS) is 21.3. The Kier molecular flexibility index (Phi) is 5.13. The number of hydrogen-bond acceptors (Lipinski definition) is 4. The van der Waals surface area contributed by atoms with Crippen LogP contribution in [-0.2, 0) is 13.6 Å². The molecule has 0 radical (unpaired) electrons. The lowest BCUT2D eigenvalue weighted by molar-refractivity contribution is 0.136. The number of nitrogens with one attached hydrogen (secondary N) is 1. The predicted octanol–water partition coefficient (Wildman–Crippen LogP) is 1.17. The van der Waals surface area contributed by atoms with Crippen LogP contribution in [0.25, 0.3) is 0 Å². The standard InChI is InChI=1S/C13H25N5/c1-3-7-14-9-13-6-4-5-8-18(13)11-12-10-17(2)16-15-12/h10,13-14H,3-9,11H2,1-2H3. The van der Waals surface area contributed by atoms with Crippen LogP contribution < -0.4 is 5.32 Å². The molecule has 0 bridgehead atoms. The van der Waals surface area contributed by atoms with Crippen LogP contribution in [0.15, 0.2) is 6.20 Å². The molecule has 1 saturated heterocycles. The lowest BCUT2D eigenvalue weighted by Gasteiger charge is -2.35. The molecule has 0 aliphatic carbocycles. The van der Waals surface area contributed by atoms with E-state index < -0.39 is 0 Å². The molecule has 1 aromatic rings. The molecule has 1 fully saturated rings. The molecule has 1 unspecified atom stereocenters. The largest absolute Gasteiger partial charge is 0.315 e. The SMILES string of the molecule is CCCNCC1CCCCN1Cc1cn(C)nn1. The molecule has 5 heteroatoms. The van der Waals surface area contributed by atoms with Gasteiger partial charge in [0.25, 0.3) is 0 Å². The summed E-state index contributed by atoms with van der Waals surface area (Å²) >= 11 is 0. The molecule has 2 rings (SSSR count). The summed E-state index contributed by atoms with van der Waals surface area (Å²) in [4.78, 5) is 2.55. The highest BCUT2D eigenvalue weighted by Gasteiger charge is 2.22. The third kappa shape index (κ3) is 3.78. The maximum absolute atomic E-state index is 4.19. The van der Waals surface area contributed by atoms with E-state index in [-0.39, 0.29) is 0 Å². The maximum atomic E-state index is 4.19. The van der Waals surface area contributed by atoms with Crippen LogP contribution >= 0.6 is 0 Å². The topological polar surface area (TPSA) is 46.0 Å². The molecule has 1 N–H and O–H groups in total. The van der Waals surface area contributed by atoms with Gasteiger partial charge in [-0.2, -0.15) is 0 Å². The Balaban J connectivity index is 1.86. The first-order valence-electron chi connectivity index (χ1n) is 7.09. The van der Waals surface area contributed by atoms with E-state index in [1.165, 1.54) is 32.2 Å². The summed E-state index contributed by atoms with van der Waals surface area (Å²) in [5.41, 5.74) is 1.08. The minimum atomic E-state index is 0.660. The number of piperidine rings is 1. The molecule has 2 heterocycles. The first kappa shape index (κ1) is 13.5. The molecular weight excluding hydrogens is 226 g/mol. The van der Waals surface area contributed by atoms with Gasteiger partial charge in [-0.05, 0) is 32.4 Å². The average molecular weight is 251 g/mol. The van der Waals surface area contributed by atoms with Gasteiger partial charge in [0.05, 0.1) is 5.69 Å². The molecule has 0 saturated carbocycles. The molecule has 1 aromatic heterocycles. The molecule has 0 aromatic carbocycles. The smallest absolute Gasteiger partial charge is 0.0967 e. The van der Waals surface area contributed by atoms with Crippen LogP contribution in [0.3, 0.4) is 0 Å². The van der Waals surface area contributed by atoms with Gasteiger partial charge in [0.2, 0.25) is 0 Å². The zero-order chi connectivity index (χ0) is 12.8. The third-order valence-electron chi connectivity index (χ3n) is 3.57. The zero-order valence-corrected chi connectivity index (χ0v) is 11.6. The minimum Gasteiger partial charge on any atom is -0.315 e. The van der Waals surface area contributed by atoms with Crippen molar-refractivity contribution in [1.29, 1.82) is 0 Å². The van der Waals surface area contributed by atoms with E-state index in [1.54, 1.807) is 4.68 Å². The highest BCUT2D eigenvalue weighted by molar-refractivity contribution is 4.94. The van der Waals surface area contributed by atoms with Crippen molar-refractivity contribution < 1.29 is 0 Å². The Morgan fingerprint density at radius 2 is 2.33 bits per heavy atom. The van der Waals surface area contributed by atoms with Gasteiger partial charge in [-0.3, -0.25) is 9.58 Å². The molecule has 1 atom stereocenters. The van der Waals surface area contributed by atoms with Gasteiger partial charge in [-0.25, -0.2) is 0 Å². The van der Waals surface area contributed by atoms with Gasteiger partial charge in [0.1, 0.15) is 0 Å². The Labute approximate surface area is 110 Å². The number of aryl methyl sites for hydroxylation is 1. The monoisotopic (exact) mass is 251 g/mol.